The monoisotopic (exact) mass is 242 g/mol. The molecule has 0 aliphatic carbocycles. The van der Waals surface area contributed by atoms with Gasteiger partial charge in [0.05, 0.1) is 0 Å². The zero-order valence-electron chi connectivity index (χ0n) is 10.4. The number of carboxylic acids is 1. The van der Waals surface area contributed by atoms with Crippen molar-refractivity contribution in [1.82, 2.24) is 10.6 Å². The zero-order chi connectivity index (χ0) is 12.7. The molecule has 0 aromatic carbocycles. The summed E-state index contributed by atoms with van der Waals surface area (Å²) in [4.78, 5) is 22.5. The molecular weight excluding hydrogens is 220 g/mol. The predicted octanol–water partition coefficient (Wildman–Crippen LogP) is 0.746. The molecule has 98 valence electrons. The van der Waals surface area contributed by atoms with Crippen LogP contribution in [-0.4, -0.2) is 36.1 Å². The molecule has 5 heteroatoms. The van der Waals surface area contributed by atoms with Gasteiger partial charge in [-0.15, -0.1) is 0 Å². The van der Waals surface area contributed by atoms with Crippen LogP contribution in [0.5, 0.6) is 0 Å². The van der Waals surface area contributed by atoms with E-state index in [9.17, 15) is 9.59 Å². The van der Waals surface area contributed by atoms with Crippen LogP contribution in [0.3, 0.4) is 0 Å². The van der Waals surface area contributed by atoms with Crippen molar-refractivity contribution in [3.05, 3.63) is 0 Å². The van der Waals surface area contributed by atoms with E-state index in [0.717, 1.165) is 32.4 Å². The standard InChI is InChI=1S/C12H22N2O3/c1-2-3-10(12(16)17)14-11(15)5-4-9-6-7-13-8-9/h9-10,13H,2-8H2,1H3,(H,14,15)(H,16,17)/t9?,10-/m0/s1. The van der Waals surface area contributed by atoms with Crippen LogP contribution in [0.1, 0.15) is 39.0 Å². The summed E-state index contributed by atoms with van der Waals surface area (Å²) < 4.78 is 0. The Labute approximate surface area is 102 Å². The van der Waals surface area contributed by atoms with Crippen LogP contribution in [0.4, 0.5) is 0 Å². The fraction of sp³-hybridized carbons (Fsp3) is 0.833. The lowest BCUT2D eigenvalue weighted by molar-refractivity contribution is -0.142. The van der Waals surface area contributed by atoms with E-state index >= 15 is 0 Å². The van der Waals surface area contributed by atoms with Gasteiger partial charge in [0.2, 0.25) is 5.91 Å². The summed E-state index contributed by atoms with van der Waals surface area (Å²) in [6.45, 7) is 3.91. The number of hydrogen-bond acceptors (Lipinski definition) is 3. The molecule has 0 spiro atoms. The lowest BCUT2D eigenvalue weighted by Gasteiger charge is -2.14. The van der Waals surface area contributed by atoms with Gasteiger partial charge >= 0.3 is 5.97 Å². The fourth-order valence-corrected chi connectivity index (χ4v) is 2.11. The topological polar surface area (TPSA) is 78.4 Å². The molecule has 1 aliphatic rings. The van der Waals surface area contributed by atoms with Crippen LogP contribution < -0.4 is 10.6 Å². The highest BCUT2D eigenvalue weighted by molar-refractivity contribution is 5.83. The first-order valence-corrected chi connectivity index (χ1v) is 6.36. The molecule has 1 saturated heterocycles. The molecular formula is C12H22N2O3. The van der Waals surface area contributed by atoms with E-state index in [1.165, 1.54) is 0 Å². The highest BCUT2D eigenvalue weighted by atomic mass is 16.4. The molecule has 0 saturated carbocycles. The Balaban J connectivity index is 2.23. The number of rotatable bonds is 7. The Morgan fingerprint density at radius 2 is 2.29 bits per heavy atom. The van der Waals surface area contributed by atoms with Crippen molar-refractivity contribution in [1.29, 1.82) is 0 Å². The minimum atomic E-state index is -0.942. The Morgan fingerprint density at radius 1 is 1.53 bits per heavy atom. The minimum Gasteiger partial charge on any atom is -0.480 e. The van der Waals surface area contributed by atoms with Gasteiger partial charge in [0.1, 0.15) is 6.04 Å². The number of amides is 1. The van der Waals surface area contributed by atoms with Crippen LogP contribution in [0, 0.1) is 5.92 Å². The second kappa shape index (κ2) is 7.27. The van der Waals surface area contributed by atoms with Gasteiger partial charge in [-0.05, 0) is 38.3 Å². The summed E-state index contributed by atoms with van der Waals surface area (Å²) in [5.74, 6) is -0.518. The van der Waals surface area contributed by atoms with E-state index in [2.05, 4.69) is 10.6 Å². The van der Waals surface area contributed by atoms with Crippen LogP contribution >= 0.6 is 0 Å². The third kappa shape index (κ3) is 5.17. The van der Waals surface area contributed by atoms with Crippen LogP contribution in [-0.2, 0) is 9.59 Å². The number of carbonyl (C=O) groups excluding carboxylic acids is 1. The fourth-order valence-electron chi connectivity index (χ4n) is 2.11. The van der Waals surface area contributed by atoms with Gasteiger partial charge in [0, 0.05) is 6.42 Å². The van der Waals surface area contributed by atoms with Crippen molar-refractivity contribution in [2.75, 3.05) is 13.1 Å². The van der Waals surface area contributed by atoms with Gasteiger partial charge < -0.3 is 15.7 Å². The summed E-state index contributed by atoms with van der Waals surface area (Å²) in [5, 5.41) is 14.7. The second-order valence-electron chi connectivity index (χ2n) is 4.64. The van der Waals surface area contributed by atoms with E-state index < -0.39 is 12.0 Å². The maximum atomic E-state index is 11.6. The molecule has 1 rings (SSSR count). The maximum absolute atomic E-state index is 11.6. The highest BCUT2D eigenvalue weighted by Crippen LogP contribution is 2.14. The molecule has 0 bridgehead atoms. The number of aliphatic carboxylic acids is 1. The molecule has 1 amide bonds. The number of hydrogen-bond donors (Lipinski definition) is 3. The molecule has 17 heavy (non-hydrogen) atoms. The third-order valence-corrected chi connectivity index (χ3v) is 3.15. The minimum absolute atomic E-state index is 0.141. The SMILES string of the molecule is CCC[C@H](NC(=O)CCC1CCNC1)C(=O)O. The van der Waals surface area contributed by atoms with E-state index in [-0.39, 0.29) is 5.91 Å². The zero-order valence-corrected chi connectivity index (χ0v) is 10.4. The van der Waals surface area contributed by atoms with E-state index in [0.29, 0.717) is 18.8 Å². The molecule has 3 N–H and O–H groups in total. The van der Waals surface area contributed by atoms with E-state index in [1.807, 2.05) is 6.92 Å². The van der Waals surface area contributed by atoms with Crippen LogP contribution in [0.25, 0.3) is 0 Å². The van der Waals surface area contributed by atoms with Crippen LogP contribution in [0.2, 0.25) is 0 Å². The van der Waals surface area contributed by atoms with Crippen molar-refractivity contribution in [3.8, 4) is 0 Å². The summed E-state index contributed by atoms with van der Waals surface area (Å²) in [5.41, 5.74) is 0. The Morgan fingerprint density at radius 3 is 2.82 bits per heavy atom. The first-order chi connectivity index (χ1) is 8.13. The normalized spacial score (nSPS) is 21.1. The van der Waals surface area contributed by atoms with E-state index in [1.54, 1.807) is 0 Å². The highest BCUT2D eigenvalue weighted by Gasteiger charge is 2.20. The summed E-state index contributed by atoms with van der Waals surface area (Å²) in [7, 11) is 0. The summed E-state index contributed by atoms with van der Waals surface area (Å²) >= 11 is 0. The molecule has 1 unspecified atom stereocenters. The summed E-state index contributed by atoms with van der Waals surface area (Å²) in [6.07, 6.45) is 3.64. The van der Waals surface area contributed by atoms with E-state index in [4.69, 9.17) is 5.11 Å². The lowest BCUT2D eigenvalue weighted by atomic mass is 10.0. The molecule has 5 nitrogen and oxygen atoms in total. The van der Waals surface area contributed by atoms with Crippen molar-refractivity contribution in [2.24, 2.45) is 5.92 Å². The first-order valence-electron chi connectivity index (χ1n) is 6.36. The van der Waals surface area contributed by atoms with Crippen LogP contribution in [0.15, 0.2) is 0 Å². The summed E-state index contributed by atoms with van der Waals surface area (Å²) in [6, 6.07) is -0.728. The molecule has 0 aromatic rings. The average Bonchev–Trinajstić information content (AvgIpc) is 2.78. The second-order valence-corrected chi connectivity index (χ2v) is 4.64. The number of nitrogens with one attached hydrogen (secondary N) is 2. The third-order valence-electron chi connectivity index (χ3n) is 3.15. The van der Waals surface area contributed by atoms with Gasteiger partial charge in [0.25, 0.3) is 0 Å². The van der Waals surface area contributed by atoms with Crippen molar-refractivity contribution in [2.45, 2.75) is 45.1 Å². The molecule has 1 heterocycles. The molecule has 1 fully saturated rings. The van der Waals surface area contributed by atoms with Gasteiger partial charge in [-0.1, -0.05) is 13.3 Å². The molecule has 0 radical (unpaired) electrons. The maximum Gasteiger partial charge on any atom is 0.326 e. The molecule has 1 aliphatic heterocycles. The van der Waals surface area contributed by atoms with Gasteiger partial charge in [-0.3, -0.25) is 4.79 Å². The van der Waals surface area contributed by atoms with Gasteiger partial charge in [-0.2, -0.15) is 0 Å². The Kier molecular flexibility index (Phi) is 5.97. The van der Waals surface area contributed by atoms with Gasteiger partial charge in [-0.25, -0.2) is 4.79 Å². The lowest BCUT2D eigenvalue weighted by Crippen LogP contribution is -2.40. The van der Waals surface area contributed by atoms with Crippen molar-refractivity contribution < 1.29 is 14.7 Å². The Bertz CT molecular complexity index is 262. The smallest absolute Gasteiger partial charge is 0.326 e. The first kappa shape index (κ1) is 14.0. The molecule has 2 atom stereocenters. The molecule has 0 aromatic heterocycles. The van der Waals surface area contributed by atoms with Gasteiger partial charge in [0.15, 0.2) is 0 Å². The van der Waals surface area contributed by atoms with Crippen molar-refractivity contribution in [3.63, 3.8) is 0 Å². The van der Waals surface area contributed by atoms with Crippen molar-refractivity contribution >= 4 is 11.9 Å². The number of carboxylic acid groups (broad SMARTS) is 1. The predicted molar refractivity (Wildman–Crippen MR) is 64.7 cm³/mol. The largest absolute Gasteiger partial charge is 0.480 e. The Hall–Kier alpha value is -1.10. The quantitative estimate of drug-likeness (QED) is 0.615. The number of carbonyl (C=O) groups is 2. The average molecular weight is 242 g/mol.